The molecular weight excluding hydrogens is 312 g/mol. The van der Waals surface area contributed by atoms with E-state index in [9.17, 15) is 9.59 Å². The van der Waals surface area contributed by atoms with E-state index in [1.807, 2.05) is 0 Å². The van der Waals surface area contributed by atoms with Gasteiger partial charge in [-0.25, -0.2) is 0 Å². The first-order valence-electron chi connectivity index (χ1n) is 9.23. The average Bonchev–Trinajstić information content (AvgIpc) is 2.58. The Morgan fingerprint density at radius 3 is 1.33 bits per heavy atom. The zero-order chi connectivity index (χ0) is 17.7. The van der Waals surface area contributed by atoms with E-state index in [2.05, 4.69) is 0 Å². The molecule has 0 aromatic rings. The molecule has 2 N–H and O–H groups in total. The van der Waals surface area contributed by atoms with Crippen LogP contribution in [0.2, 0.25) is 0 Å². The van der Waals surface area contributed by atoms with Gasteiger partial charge >= 0.3 is 11.9 Å². The highest BCUT2D eigenvalue weighted by molar-refractivity contribution is 6.00. The molecule has 0 aromatic heterocycles. The summed E-state index contributed by atoms with van der Waals surface area (Å²) in [6.07, 6.45) is 10.1. The first kappa shape index (κ1) is 20.9. The van der Waals surface area contributed by atoms with Gasteiger partial charge in [-0.1, -0.05) is 57.8 Å². The van der Waals surface area contributed by atoms with E-state index >= 15 is 0 Å². The Kier molecular flexibility index (Phi) is 10.7. The Balaban J connectivity index is 2.88. The van der Waals surface area contributed by atoms with Gasteiger partial charge in [0.2, 0.25) is 0 Å². The number of carbonyl (C=O) groups excluding carboxylic acids is 2. The molecule has 0 spiro atoms. The van der Waals surface area contributed by atoms with Gasteiger partial charge < -0.3 is 19.7 Å². The topological polar surface area (TPSA) is 93.1 Å². The smallest absolute Gasteiger partial charge is 0.323 e. The summed E-state index contributed by atoms with van der Waals surface area (Å²) in [4.78, 5) is 25.2. The molecule has 0 unspecified atom stereocenters. The lowest BCUT2D eigenvalue weighted by molar-refractivity contribution is -0.175. The third kappa shape index (κ3) is 6.77. The number of hydrogen-bond acceptors (Lipinski definition) is 6. The van der Waals surface area contributed by atoms with Crippen molar-refractivity contribution < 1.29 is 29.3 Å². The summed E-state index contributed by atoms with van der Waals surface area (Å²) in [6.45, 7) is -0.775. The summed E-state index contributed by atoms with van der Waals surface area (Å²) in [7, 11) is 0. The first-order chi connectivity index (χ1) is 11.7. The van der Waals surface area contributed by atoms with Crippen LogP contribution in [0.3, 0.4) is 0 Å². The van der Waals surface area contributed by atoms with Crippen molar-refractivity contribution in [2.75, 3.05) is 26.4 Å². The van der Waals surface area contributed by atoms with E-state index in [1.54, 1.807) is 0 Å². The standard InChI is InChI=1S/C18H32O6/c19-12-14-23-16(21)18(17(22)24-15-13-20)10-8-6-4-2-1-3-5-7-9-11-18/h19-20H,1-15H2. The quantitative estimate of drug-likeness (QED) is 0.567. The highest BCUT2D eigenvalue weighted by atomic mass is 16.6. The summed E-state index contributed by atoms with van der Waals surface area (Å²) >= 11 is 0. The molecule has 1 saturated carbocycles. The van der Waals surface area contributed by atoms with E-state index in [4.69, 9.17) is 19.7 Å². The monoisotopic (exact) mass is 344 g/mol. The van der Waals surface area contributed by atoms with Crippen molar-refractivity contribution in [2.45, 2.75) is 70.6 Å². The van der Waals surface area contributed by atoms with E-state index in [0.29, 0.717) is 12.8 Å². The van der Waals surface area contributed by atoms with Gasteiger partial charge in [-0.15, -0.1) is 0 Å². The van der Waals surface area contributed by atoms with Gasteiger partial charge in [0, 0.05) is 0 Å². The van der Waals surface area contributed by atoms with Gasteiger partial charge in [0.15, 0.2) is 5.41 Å². The van der Waals surface area contributed by atoms with Crippen LogP contribution >= 0.6 is 0 Å². The zero-order valence-corrected chi connectivity index (χ0v) is 14.6. The van der Waals surface area contributed by atoms with E-state index in [1.165, 1.54) is 19.3 Å². The molecule has 140 valence electrons. The minimum atomic E-state index is -1.30. The molecule has 0 amide bonds. The van der Waals surface area contributed by atoms with Crippen molar-refractivity contribution in [3.8, 4) is 0 Å². The van der Waals surface area contributed by atoms with Crippen LogP contribution in [-0.4, -0.2) is 48.6 Å². The van der Waals surface area contributed by atoms with Gasteiger partial charge in [-0.2, -0.15) is 0 Å². The Labute approximate surface area is 144 Å². The molecule has 1 rings (SSSR count). The van der Waals surface area contributed by atoms with Crippen molar-refractivity contribution in [2.24, 2.45) is 5.41 Å². The summed E-state index contributed by atoms with van der Waals surface area (Å²) in [6, 6.07) is 0. The Morgan fingerprint density at radius 2 is 1.00 bits per heavy atom. The van der Waals surface area contributed by atoms with E-state index < -0.39 is 17.4 Å². The van der Waals surface area contributed by atoms with E-state index in [0.717, 1.165) is 38.5 Å². The molecule has 0 aliphatic heterocycles. The SMILES string of the molecule is O=C(OCCO)C1(C(=O)OCCO)CCCCCCCCCCC1. The zero-order valence-electron chi connectivity index (χ0n) is 14.6. The number of ether oxygens (including phenoxy) is 2. The molecule has 0 saturated heterocycles. The van der Waals surface area contributed by atoms with Crippen LogP contribution in [0.5, 0.6) is 0 Å². The lowest BCUT2D eigenvalue weighted by atomic mass is 9.77. The maximum atomic E-state index is 12.6. The van der Waals surface area contributed by atoms with Crippen LogP contribution in [0.25, 0.3) is 0 Å². The normalized spacial score (nSPS) is 19.6. The van der Waals surface area contributed by atoms with Crippen LogP contribution < -0.4 is 0 Å². The Bertz CT molecular complexity index is 335. The molecule has 6 nitrogen and oxygen atoms in total. The molecule has 0 aromatic carbocycles. The molecule has 0 heterocycles. The van der Waals surface area contributed by atoms with Gasteiger partial charge in [0.1, 0.15) is 13.2 Å². The predicted octanol–water partition coefficient (Wildman–Crippen LogP) is 2.35. The predicted molar refractivity (Wildman–Crippen MR) is 89.3 cm³/mol. The highest BCUT2D eigenvalue weighted by Crippen LogP contribution is 2.35. The number of aliphatic hydroxyl groups excluding tert-OH is 2. The minimum absolute atomic E-state index is 0.117. The molecule has 1 aliphatic rings. The number of hydrogen-bond donors (Lipinski definition) is 2. The van der Waals surface area contributed by atoms with Gasteiger partial charge in [0.25, 0.3) is 0 Å². The third-order valence-corrected chi connectivity index (χ3v) is 4.64. The average molecular weight is 344 g/mol. The number of aliphatic hydroxyl groups is 2. The summed E-state index contributed by atoms with van der Waals surface area (Å²) in [5.74, 6) is -1.20. The molecular formula is C18H32O6. The molecule has 6 heteroatoms. The van der Waals surface area contributed by atoms with Gasteiger partial charge in [0.05, 0.1) is 13.2 Å². The fourth-order valence-corrected chi connectivity index (χ4v) is 3.26. The van der Waals surface area contributed by atoms with Gasteiger partial charge in [-0.3, -0.25) is 9.59 Å². The maximum Gasteiger partial charge on any atom is 0.323 e. The number of rotatable bonds is 6. The number of esters is 2. The molecule has 0 atom stereocenters. The van der Waals surface area contributed by atoms with Crippen LogP contribution in [0.4, 0.5) is 0 Å². The van der Waals surface area contributed by atoms with Crippen molar-refractivity contribution >= 4 is 11.9 Å². The summed E-state index contributed by atoms with van der Waals surface area (Å²) in [5.41, 5.74) is -1.30. The molecule has 1 fully saturated rings. The first-order valence-corrected chi connectivity index (χ1v) is 9.23. The summed E-state index contributed by atoms with van der Waals surface area (Å²) in [5, 5.41) is 17.8. The van der Waals surface area contributed by atoms with Crippen LogP contribution in [0.1, 0.15) is 70.6 Å². The Morgan fingerprint density at radius 1 is 0.667 bits per heavy atom. The van der Waals surface area contributed by atoms with Crippen molar-refractivity contribution in [3.63, 3.8) is 0 Å². The van der Waals surface area contributed by atoms with Crippen LogP contribution in [0, 0.1) is 5.41 Å². The highest BCUT2D eigenvalue weighted by Gasteiger charge is 2.47. The van der Waals surface area contributed by atoms with Gasteiger partial charge in [-0.05, 0) is 12.8 Å². The lowest BCUT2D eigenvalue weighted by Crippen LogP contribution is -2.43. The second kappa shape index (κ2) is 12.3. The molecule has 0 bridgehead atoms. The van der Waals surface area contributed by atoms with Crippen molar-refractivity contribution in [3.05, 3.63) is 0 Å². The minimum Gasteiger partial charge on any atom is -0.462 e. The Hall–Kier alpha value is -1.14. The van der Waals surface area contributed by atoms with Crippen LogP contribution in [-0.2, 0) is 19.1 Å². The lowest BCUT2D eigenvalue weighted by Gasteiger charge is -2.29. The summed E-state index contributed by atoms with van der Waals surface area (Å²) < 4.78 is 10.2. The van der Waals surface area contributed by atoms with Crippen molar-refractivity contribution in [1.29, 1.82) is 0 Å². The largest absolute Gasteiger partial charge is 0.462 e. The third-order valence-electron chi connectivity index (χ3n) is 4.64. The van der Waals surface area contributed by atoms with E-state index in [-0.39, 0.29) is 26.4 Å². The second-order valence-electron chi connectivity index (χ2n) is 6.48. The number of carbonyl (C=O) groups is 2. The maximum absolute atomic E-state index is 12.6. The fourth-order valence-electron chi connectivity index (χ4n) is 3.26. The fraction of sp³-hybridized carbons (Fsp3) is 0.889. The van der Waals surface area contributed by atoms with Crippen LogP contribution in [0.15, 0.2) is 0 Å². The molecule has 0 radical (unpaired) electrons. The second-order valence-corrected chi connectivity index (χ2v) is 6.48. The molecule has 24 heavy (non-hydrogen) atoms. The molecule has 1 aliphatic carbocycles. The van der Waals surface area contributed by atoms with Crippen molar-refractivity contribution in [1.82, 2.24) is 0 Å².